The van der Waals surface area contributed by atoms with Crippen LogP contribution in [-0.2, 0) is 0 Å². The highest BCUT2D eigenvalue weighted by molar-refractivity contribution is 6.08. The van der Waals surface area contributed by atoms with Gasteiger partial charge in [-0.3, -0.25) is 9.80 Å². The van der Waals surface area contributed by atoms with Gasteiger partial charge in [-0.15, -0.1) is 0 Å². The van der Waals surface area contributed by atoms with Gasteiger partial charge in [0.1, 0.15) is 0 Å². The van der Waals surface area contributed by atoms with E-state index in [0.717, 1.165) is 16.9 Å². The molecule has 0 aromatic heterocycles. The molecule has 1 saturated heterocycles. The zero-order valence-electron chi connectivity index (χ0n) is 16.0. The molecule has 3 aromatic carbocycles. The Bertz CT molecular complexity index is 950. The van der Waals surface area contributed by atoms with Crippen LogP contribution in [0.3, 0.4) is 0 Å². The molecule has 0 saturated carbocycles. The summed E-state index contributed by atoms with van der Waals surface area (Å²) in [6, 6.07) is 28.3. The number of urea groups is 1. The zero-order valence-corrected chi connectivity index (χ0v) is 16.0. The molecule has 1 fully saturated rings. The number of para-hydroxylation sites is 2. The summed E-state index contributed by atoms with van der Waals surface area (Å²) in [6.07, 6.45) is 0. The summed E-state index contributed by atoms with van der Waals surface area (Å²) in [5.41, 5.74) is 3.77. The maximum absolute atomic E-state index is 13.6. The van der Waals surface area contributed by atoms with E-state index in [0.29, 0.717) is 0 Å². The van der Waals surface area contributed by atoms with Crippen molar-refractivity contribution < 1.29 is 4.79 Å². The first-order valence-electron chi connectivity index (χ1n) is 9.30. The Morgan fingerprint density at radius 2 is 1.37 bits per heavy atom. The molecule has 0 unspecified atom stereocenters. The molecule has 0 radical (unpaired) electrons. The molecule has 1 aliphatic heterocycles. The highest BCUT2D eigenvalue weighted by Crippen LogP contribution is 2.47. The van der Waals surface area contributed by atoms with E-state index in [1.165, 1.54) is 5.56 Å². The second-order valence-corrected chi connectivity index (χ2v) is 7.63. The Labute approximate surface area is 160 Å². The van der Waals surface area contributed by atoms with Crippen LogP contribution in [0.2, 0.25) is 0 Å². The van der Waals surface area contributed by atoms with Crippen molar-refractivity contribution in [2.45, 2.75) is 32.4 Å². The minimum atomic E-state index is -0.415. The summed E-state index contributed by atoms with van der Waals surface area (Å²) in [7, 11) is 0. The molecule has 1 aliphatic rings. The van der Waals surface area contributed by atoms with E-state index in [1.807, 2.05) is 70.5 Å². The van der Waals surface area contributed by atoms with E-state index < -0.39 is 5.54 Å². The molecule has 136 valence electrons. The number of amides is 2. The van der Waals surface area contributed by atoms with Crippen molar-refractivity contribution in [2.75, 3.05) is 9.80 Å². The number of carbonyl (C=O) groups excluding carboxylic acids is 1. The quantitative estimate of drug-likeness (QED) is 0.568. The molecule has 3 aromatic rings. The van der Waals surface area contributed by atoms with Crippen LogP contribution in [0.5, 0.6) is 0 Å². The lowest BCUT2D eigenvalue weighted by atomic mass is 9.87. The topological polar surface area (TPSA) is 23.6 Å². The van der Waals surface area contributed by atoms with Gasteiger partial charge in [-0.05, 0) is 50.6 Å². The van der Waals surface area contributed by atoms with Crippen LogP contribution in [0.1, 0.15) is 31.0 Å². The second kappa shape index (κ2) is 6.58. The predicted molar refractivity (Wildman–Crippen MR) is 111 cm³/mol. The van der Waals surface area contributed by atoms with Crippen molar-refractivity contribution in [3.8, 4) is 0 Å². The number of aryl methyl sites for hydroxylation is 1. The van der Waals surface area contributed by atoms with Gasteiger partial charge in [0.15, 0.2) is 0 Å². The molecule has 0 spiro atoms. The Balaban J connectivity index is 1.91. The van der Waals surface area contributed by atoms with E-state index in [2.05, 4.69) is 45.0 Å². The number of nitrogens with zero attached hydrogens (tertiary/aromatic N) is 2. The fourth-order valence-electron chi connectivity index (χ4n) is 4.17. The van der Waals surface area contributed by atoms with Gasteiger partial charge in [-0.25, -0.2) is 4.79 Å². The Kier molecular flexibility index (Phi) is 4.23. The number of hydrogen-bond acceptors (Lipinski definition) is 1. The lowest BCUT2D eigenvalue weighted by Crippen LogP contribution is -2.43. The first kappa shape index (κ1) is 17.3. The molecule has 0 N–H and O–H groups in total. The molecular formula is C24H24N2O. The van der Waals surface area contributed by atoms with Crippen LogP contribution < -0.4 is 9.80 Å². The number of hydrogen-bond donors (Lipinski definition) is 0. The Morgan fingerprint density at radius 1 is 0.778 bits per heavy atom. The third-order valence-corrected chi connectivity index (χ3v) is 5.31. The first-order valence-corrected chi connectivity index (χ1v) is 9.30. The highest BCUT2D eigenvalue weighted by atomic mass is 16.2. The fraction of sp³-hybridized carbons (Fsp3) is 0.208. The summed E-state index contributed by atoms with van der Waals surface area (Å²) in [4.78, 5) is 17.5. The standard InChI is InChI=1S/C24H24N2O/c1-18-11-10-12-19(17-18)22-24(2,3)26(21-15-8-5-9-16-21)23(27)25(22)20-13-6-4-7-14-20/h4-17,22H,1-3H3/t22-/m1/s1. The first-order chi connectivity index (χ1) is 13.0. The fourth-order valence-corrected chi connectivity index (χ4v) is 4.17. The predicted octanol–water partition coefficient (Wildman–Crippen LogP) is 5.96. The maximum Gasteiger partial charge on any atom is 0.330 e. The molecule has 4 rings (SSSR count). The molecule has 3 heteroatoms. The van der Waals surface area contributed by atoms with Gasteiger partial charge in [0.25, 0.3) is 0 Å². The van der Waals surface area contributed by atoms with Crippen molar-refractivity contribution in [1.82, 2.24) is 0 Å². The van der Waals surface area contributed by atoms with Crippen LogP contribution in [0.4, 0.5) is 16.2 Å². The Hall–Kier alpha value is -3.07. The lowest BCUT2D eigenvalue weighted by Gasteiger charge is -2.35. The molecule has 0 bridgehead atoms. The normalized spacial score (nSPS) is 18.8. The number of rotatable bonds is 3. The lowest BCUT2D eigenvalue weighted by molar-refractivity contribution is 0.254. The minimum Gasteiger partial charge on any atom is -0.286 e. The summed E-state index contributed by atoms with van der Waals surface area (Å²) in [5.74, 6) is 0. The largest absolute Gasteiger partial charge is 0.330 e. The molecule has 0 aliphatic carbocycles. The van der Waals surface area contributed by atoms with Crippen molar-refractivity contribution >= 4 is 17.4 Å². The van der Waals surface area contributed by atoms with Crippen LogP contribution >= 0.6 is 0 Å². The van der Waals surface area contributed by atoms with E-state index >= 15 is 0 Å². The van der Waals surface area contributed by atoms with Gasteiger partial charge in [-0.1, -0.05) is 66.2 Å². The summed E-state index contributed by atoms with van der Waals surface area (Å²) >= 11 is 0. The van der Waals surface area contributed by atoms with Gasteiger partial charge < -0.3 is 0 Å². The van der Waals surface area contributed by atoms with Gasteiger partial charge in [0.05, 0.1) is 11.6 Å². The third kappa shape index (κ3) is 2.89. The van der Waals surface area contributed by atoms with E-state index in [1.54, 1.807) is 0 Å². The molecule has 2 amide bonds. The highest BCUT2D eigenvalue weighted by Gasteiger charge is 2.53. The Morgan fingerprint density at radius 3 is 1.96 bits per heavy atom. The molecular weight excluding hydrogens is 332 g/mol. The number of anilines is 2. The average molecular weight is 356 g/mol. The van der Waals surface area contributed by atoms with E-state index in [4.69, 9.17) is 0 Å². The molecule has 27 heavy (non-hydrogen) atoms. The smallest absolute Gasteiger partial charge is 0.286 e. The molecule has 3 nitrogen and oxygen atoms in total. The van der Waals surface area contributed by atoms with E-state index in [-0.39, 0.29) is 12.1 Å². The SMILES string of the molecule is Cc1cccc([C@H]2N(c3ccccc3)C(=O)N(c3ccccc3)C2(C)C)c1. The zero-order chi connectivity index (χ0) is 19.0. The van der Waals surface area contributed by atoms with Gasteiger partial charge in [0, 0.05) is 11.4 Å². The van der Waals surface area contributed by atoms with E-state index in [9.17, 15) is 4.79 Å². The maximum atomic E-state index is 13.6. The third-order valence-electron chi connectivity index (χ3n) is 5.31. The minimum absolute atomic E-state index is 0.00362. The average Bonchev–Trinajstić information content (AvgIpc) is 2.88. The second-order valence-electron chi connectivity index (χ2n) is 7.63. The summed E-state index contributed by atoms with van der Waals surface area (Å²) in [5, 5.41) is 0. The number of benzene rings is 3. The monoisotopic (exact) mass is 356 g/mol. The van der Waals surface area contributed by atoms with Crippen LogP contribution in [0.15, 0.2) is 84.9 Å². The van der Waals surface area contributed by atoms with Crippen molar-refractivity contribution in [2.24, 2.45) is 0 Å². The summed E-state index contributed by atoms with van der Waals surface area (Å²) < 4.78 is 0. The molecule has 1 heterocycles. The van der Waals surface area contributed by atoms with Crippen molar-refractivity contribution in [3.05, 3.63) is 96.1 Å². The van der Waals surface area contributed by atoms with Crippen LogP contribution in [0.25, 0.3) is 0 Å². The van der Waals surface area contributed by atoms with Crippen LogP contribution in [0, 0.1) is 6.92 Å². The van der Waals surface area contributed by atoms with Gasteiger partial charge in [-0.2, -0.15) is 0 Å². The van der Waals surface area contributed by atoms with Crippen molar-refractivity contribution in [1.29, 1.82) is 0 Å². The summed E-state index contributed by atoms with van der Waals surface area (Å²) in [6.45, 7) is 6.39. The van der Waals surface area contributed by atoms with Gasteiger partial charge in [0.2, 0.25) is 0 Å². The van der Waals surface area contributed by atoms with Crippen molar-refractivity contribution in [3.63, 3.8) is 0 Å². The van der Waals surface area contributed by atoms with Crippen LogP contribution in [-0.4, -0.2) is 11.6 Å². The number of carbonyl (C=O) groups is 1. The molecule has 1 atom stereocenters. The van der Waals surface area contributed by atoms with Gasteiger partial charge >= 0.3 is 6.03 Å².